The Labute approximate surface area is 145 Å². The van der Waals surface area contributed by atoms with Gasteiger partial charge >= 0.3 is 0 Å². The SMILES string of the molecule is C/C(=C1/CCCNC1=O)c1cc(F)cc(-c2ccnc(Cl)c2)c1C. The number of benzene rings is 1. The van der Waals surface area contributed by atoms with E-state index in [0.717, 1.165) is 39.8 Å². The predicted molar refractivity (Wildman–Crippen MR) is 94.2 cm³/mol. The number of hydrogen-bond donors (Lipinski definition) is 1. The minimum atomic E-state index is -0.338. The summed E-state index contributed by atoms with van der Waals surface area (Å²) in [4.78, 5) is 16.1. The average Bonchev–Trinajstić information content (AvgIpc) is 2.56. The molecular weight excluding hydrogens is 327 g/mol. The molecule has 0 spiro atoms. The van der Waals surface area contributed by atoms with Gasteiger partial charge < -0.3 is 5.32 Å². The number of piperidine rings is 1. The van der Waals surface area contributed by atoms with Gasteiger partial charge in [-0.1, -0.05) is 11.6 Å². The second-order valence-electron chi connectivity index (χ2n) is 5.96. The number of aromatic nitrogens is 1. The number of halogens is 2. The van der Waals surface area contributed by atoms with Gasteiger partial charge in [0.2, 0.25) is 5.91 Å². The molecule has 3 rings (SSSR count). The fraction of sp³-hybridized carbons (Fsp3) is 0.263. The third-order valence-corrected chi connectivity index (χ3v) is 4.64. The Bertz CT molecular complexity index is 845. The maximum Gasteiger partial charge on any atom is 0.247 e. The molecule has 5 heteroatoms. The van der Waals surface area contributed by atoms with Crippen molar-refractivity contribution in [3.63, 3.8) is 0 Å². The first kappa shape index (κ1) is 16.7. The first-order valence-electron chi connectivity index (χ1n) is 7.88. The summed E-state index contributed by atoms with van der Waals surface area (Å²) in [5.41, 5.74) is 4.79. The summed E-state index contributed by atoms with van der Waals surface area (Å²) < 4.78 is 14.2. The van der Waals surface area contributed by atoms with Crippen molar-refractivity contribution in [3.05, 3.63) is 58.1 Å². The summed E-state index contributed by atoms with van der Waals surface area (Å²) in [5, 5.41) is 3.21. The fourth-order valence-electron chi connectivity index (χ4n) is 3.15. The highest BCUT2D eigenvalue weighted by molar-refractivity contribution is 6.29. The predicted octanol–water partition coefficient (Wildman–Crippen LogP) is 4.53. The number of nitrogens with one attached hydrogen (secondary N) is 1. The molecule has 1 aromatic carbocycles. The van der Waals surface area contributed by atoms with Gasteiger partial charge in [0.25, 0.3) is 0 Å². The van der Waals surface area contributed by atoms with Crippen molar-refractivity contribution in [1.29, 1.82) is 0 Å². The monoisotopic (exact) mass is 344 g/mol. The molecule has 0 atom stereocenters. The van der Waals surface area contributed by atoms with Gasteiger partial charge in [-0.25, -0.2) is 9.37 Å². The van der Waals surface area contributed by atoms with E-state index in [0.29, 0.717) is 18.1 Å². The number of carbonyl (C=O) groups excluding carboxylic acids is 1. The number of amides is 1. The summed E-state index contributed by atoms with van der Waals surface area (Å²) >= 11 is 5.96. The lowest BCUT2D eigenvalue weighted by Crippen LogP contribution is -2.31. The third kappa shape index (κ3) is 3.20. The van der Waals surface area contributed by atoms with Gasteiger partial charge in [-0.15, -0.1) is 0 Å². The van der Waals surface area contributed by atoms with Crippen LogP contribution in [-0.2, 0) is 4.79 Å². The van der Waals surface area contributed by atoms with E-state index in [1.54, 1.807) is 18.3 Å². The van der Waals surface area contributed by atoms with Crippen LogP contribution in [0.1, 0.15) is 30.9 Å². The molecule has 124 valence electrons. The van der Waals surface area contributed by atoms with Crippen LogP contribution in [0.4, 0.5) is 4.39 Å². The molecule has 1 fully saturated rings. The topological polar surface area (TPSA) is 42.0 Å². The zero-order valence-electron chi connectivity index (χ0n) is 13.6. The van der Waals surface area contributed by atoms with Crippen LogP contribution >= 0.6 is 11.6 Å². The first-order valence-corrected chi connectivity index (χ1v) is 8.25. The molecule has 1 amide bonds. The number of allylic oxidation sites excluding steroid dienone is 1. The van der Waals surface area contributed by atoms with Gasteiger partial charge in [0, 0.05) is 18.3 Å². The Kier molecular flexibility index (Phi) is 4.67. The zero-order valence-corrected chi connectivity index (χ0v) is 14.4. The Morgan fingerprint density at radius 1 is 1.33 bits per heavy atom. The smallest absolute Gasteiger partial charge is 0.247 e. The average molecular weight is 345 g/mol. The first-order chi connectivity index (χ1) is 11.5. The van der Waals surface area contributed by atoms with E-state index in [1.165, 1.54) is 12.1 Å². The molecule has 1 N–H and O–H groups in total. The zero-order chi connectivity index (χ0) is 17.3. The third-order valence-electron chi connectivity index (χ3n) is 4.43. The number of nitrogens with zero attached hydrogens (tertiary/aromatic N) is 1. The van der Waals surface area contributed by atoms with Gasteiger partial charge in [-0.05, 0) is 78.8 Å². The Morgan fingerprint density at radius 2 is 2.12 bits per heavy atom. The molecule has 0 saturated carbocycles. The largest absolute Gasteiger partial charge is 0.352 e. The molecule has 1 aliphatic rings. The molecule has 1 aromatic heterocycles. The molecule has 3 nitrogen and oxygen atoms in total. The standard InChI is InChI=1S/C19H18ClFN2O/c1-11(15-4-3-6-23-19(15)24)16-9-14(21)10-17(12(16)2)13-5-7-22-18(20)8-13/h5,7-10H,3-4,6H2,1-2H3,(H,23,24)/b15-11+. The van der Waals surface area contributed by atoms with Crippen molar-refractivity contribution in [2.45, 2.75) is 26.7 Å². The molecule has 0 unspecified atom stereocenters. The van der Waals surface area contributed by atoms with Crippen molar-refractivity contribution in [2.24, 2.45) is 0 Å². The molecule has 24 heavy (non-hydrogen) atoms. The lowest BCUT2D eigenvalue weighted by molar-refractivity contribution is -0.118. The minimum absolute atomic E-state index is 0.0593. The molecule has 0 aliphatic carbocycles. The second-order valence-corrected chi connectivity index (χ2v) is 6.34. The molecule has 0 bridgehead atoms. The van der Waals surface area contributed by atoms with Crippen molar-refractivity contribution >= 4 is 23.1 Å². The summed E-state index contributed by atoms with van der Waals surface area (Å²) in [6.07, 6.45) is 3.21. The minimum Gasteiger partial charge on any atom is -0.352 e. The van der Waals surface area contributed by atoms with Gasteiger partial charge in [0.1, 0.15) is 11.0 Å². The number of carbonyl (C=O) groups is 1. The van der Waals surface area contributed by atoms with Crippen LogP contribution < -0.4 is 5.32 Å². The van der Waals surface area contributed by atoms with E-state index in [9.17, 15) is 9.18 Å². The van der Waals surface area contributed by atoms with Crippen molar-refractivity contribution in [2.75, 3.05) is 6.54 Å². The normalized spacial score (nSPS) is 16.8. The quantitative estimate of drug-likeness (QED) is 0.642. The van der Waals surface area contributed by atoms with E-state index >= 15 is 0 Å². The van der Waals surface area contributed by atoms with Crippen LogP contribution in [0.5, 0.6) is 0 Å². The van der Waals surface area contributed by atoms with E-state index in [-0.39, 0.29) is 11.7 Å². The van der Waals surface area contributed by atoms with Crippen LogP contribution in [0.25, 0.3) is 16.7 Å². The van der Waals surface area contributed by atoms with E-state index in [4.69, 9.17) is 11.6 Å². The van der Waals surface area contributed by atoms with Crippen molar-refractivity contribution in [3.8, 4) is 11.1 Å². The highest BCUT2D eigenvalue weighted by Gasteiger charge is 2.20. The van der Waals surface area contributed by atoms with Gasteiger partial charge in [0.05, 0.1) is 0 Å². The van der Waals surface area contributed by atoms with Crippen LogP contribution in [0.2, 0.25) is 5.15 Å². The van der Waals surface area contributed by atoms with Crippen molar-refractivity contribution in [1.82, 2.24) is 10.3 Å². The highest BCUT2D eigenvalue weighted by atomic mass is 35.5. The van der Waals surface area contributed by atoms with Gasteiger partial charge in [0.15, 0.2) is 0 Å². The summed E-state index contributed by atoms with van der Waals surface area (Å²) in [7, 11) is 0. The lowest BCUT2D eigenvalue weighted by Gasteiger charge is -2.20. The van der Waals surface area contributed by atoms with Crippen LogP contribution in [0.3, 0.4) is 0 Å². The van der Waals surface area contributed by atoms with E-state index < -0.39 is 0 Å². The van der Waals surface area contributed by atoms with Crippen molar-refractivity contribution < 1.29 is 9.18 Å². The fourth-order valence-corrected chi connectivity index (χ4v) is 3.32. The molecule has 0 radical (unpaired) electrons. The van der Waals surface area contributed by atoms with Gasteiger partial charge in [-0.2, -0.15) is 0 Å². The maximum absolute atomic E-state index is 14.2. The lowest BCUT2D eigenvalue weighted by atomic mass is 9.89. The van der Waals surface area contributed by atoms with Crippen LogP contribution in [0, 0.1) is 12.7 Å². The number of hydrogen-bond acceptors (Lipinski definition) is 2. The molecule has 1 saturated heterocycles. The Hall–Kier alpha value is -2.20. The van der Waals surface area contributed by atoms with Crippen LogP contribution in [-0.4, -0.2) is 17.4 Å². The van der Waals surface area contributed by atoms with Gasteiger partial charge in [-0.3, -0.25) is 4.79 Å². The van der Waals surface area contributed by atoms with E-state index in [1.807, 2.05) is 13.8 Å². The molecular formula is C19H18ClFN2O. The van der Waals surface area contributed by atoms with Crippen LogP contribution in [0.15, 0.2) is 36.0 Å². The maximum atomic E-state index is 14.2. The Morgan fingerprint density at radius 3 is 2.83 bits per heavy atom. The number of rotatable bonds is 2. The Balaban J connectivity index is 2.16. The van der Waals surface area contributed by atoms with E-state index in [2.05, 4.69) is 10.3 Å². The molecule has 1 aliphatic heterocycles. The molecule has 2 aromatic rings. The highest BCUT2D eigenvalue weighted by Crippen LogP contribution is 2.33. The summed E-state index contributed by atoms with van der Waals surface area (Å²) in [5.74, 6) is -0.398. The summed E-state index contributed by atoms with van der Waals surface area (Å²) in [6.45, 7) is 4.51. The second kappa shape index (κ2) is 6.73. The summed E-state index contributed by atoms with van der Waals surface area (Å²) in [6, 6.07) is 6.49. The molecule has 2 heterocycles. The number of pyridine rings is 1.